The van der Waals surface area contributed by atoms with E-state index < -0.39 is 0 Å². The molecule has 17 heavy (non-hydrogen) atoms. The molecule has 0 radical (unpaired) electrons. The lowest BCUT2D eigenvalue weighted by Gasteiger charge is -2.30. The van der Waals surface area contributed by atoms with Crippen LogP contribution in [0, 0.1) is 5.92 Å². The number of hydrogen-bond acceptors (Lipinski definition) is 2. The van der Waals surface area contributed by atoms with Gasteiger partial charge in [-0.1, -0.05) is 20.3 Å². The second-order valence-corrected chi connectivity index (χ2v) is 5.88. The Kier molecular flexibility index (Phi) is 7.87. The lowest BCUT2D eigenvalue weighted by Crippen LogP contribution is -2.33. The molecule has 1 rings (SSSR count). The second kappa shape index (κ2) is 8.93. The van der Waals surface area contributed by atoms with Crippen molar-refractivity contribution in [1.29, 1.82) is 0 Å². The number of hydrogen-bond donors (Lipinski definition) is 1. The SMILES string of the molecule is CCCNC(C)CCCCN1CCC(C)CC1. The average Bonchev–Trinajstić information content (AvgIpc) is 2.34. The number of piperidine rings is 1. The Morgan fingerprint density at radius 3 is 2.59 bits per heavy atom. The molecule has 1 unspecified atom stereocenters. The van der Waals surface area contributed by atoms with E-state index in [1.54, 1.807) is 0 Å². The van der Waals surface area contributed by atoms with Crippen molar-refractivity contribution >= 4 is 0 Å². The highest BCUT2D eigenvalue weighted by Gasteiger charge is 2.14. The van der Waals surface area contributed by atoms with Crippen molar-refractivity contribution in [3.05, 3.63) is 0 Å². The molecule has 102 valence electrons. The van der Waals surface area contributed by atoms with Crippen LogP contribution in [0.1, 0.15) is 59.3 Å². The van der Waals surface area contributed by atoms with E-state index in [1.165, 1.54) is 64.7 Å². The zero-order valence-corrected chi connectivity index (χ0v) is 12.2. The van der Waals surface area contributed by atoms with E-state index in [4.69, 9.17) is 0 Å². The Labute approximate surface area is 108 Å². The van der Waals surface area contributed by atoms with Gasteiger partial charge in [0.2, 0.25) is 0 Å². The Balaban J connectivity index is 1.93. The molecule has 2 nitrogen and oxygen atoms in total. The topological polar surface area (TPSA) is 15.3 Å². The van der Waals surface area contributed by atoms with Crippen molar-refractivity contribution in [2.45, 2.75) is 65.3 Å². The van der Waals surface area contributed by atoms with E-state index >= 15 is 0 Å². The molecular formula is C15H32N2. The molecule has 0 amide bonds. The minimum absolute atomic E-state index is 0.705. The fourth-order valence-electron chi connectivity index (χ4n) is 2.56. The third-order valence-electron chi connectivity index (χ3n) is 3.98. The van der Waals surface area contributed by atoms with Crippen molar-refractivity contribution in [1.82, 2.24) is 10.2 Å². The van der Waals surface area contributed by atoms with Gasteiger partial charge in [-0.25, -0.2) is 0 Å². The predicted molar refractivity (Wildman–Crippen MR) is 76.4 cm³/mol. The molecule has 1 saturated heterocycles. The van der Waals surface area contributed by atoms with Crippen LogP contribution in [-0.4, -0.2) is 37.1 Å². The molecule has 0 aromatic rings. The summed E-state index contributed by atoms with van der Waals surface area (Å²) in [7, 11) is 0. The van der Waals surface area contributed by atoms with Crippen LogP contribution in [-0.2, 0) is 0 Å². The lowest BCUT2D eigenvalue weighted by molar-refractivity contribution is 0.188. The Hall–Kier alpha value is -0.0800. The monoisotopic (exact) mass is 240 g/mol. The van der Waals surface area contributed by atoms with Crippen molar-refractivity contribution in [2.75, 3.05) is 26.2 Å². The second-order valence-electron chi connectivity index (χ2n) is 5.88. The van der Waals surface area contributed by atoms with Gasteiger partial charge in [-0.3, -0.25) is 0 Å². The highest BCUT2D eigenvalue weighted by Crippen LogP contribution is 2.16. The standard InChI is InChI=1S/C15H32N2/c1-4-10-16-15(3)7-5-6-11-17-12-8-14(2)9-13-17/h14-16H,4-13H2,1-3H3. The van der Waals surface area contributed by atoms with Crippen molar-refractivity contribution in [2.24, 2.45) is 5.92 Å². The van der Waals surface area contributed by atoms with Gasteiger partial charge in [-0.05, 0) is 71.1 Å². The molecule has 1 N–H and O–H groups in total. The maximum atomic E-state index is 3.56. The highest BCUT2D eigenvalue weighted by atomic mass is 15.1. The summed E-state index contributed by atoms with van der Waals surface area (Å²) in [5.41, 5.74) is 0. The smallest absolute Gasteiger partial charge is 0.00387 e. The van der Waals surface area contributed by atoms with Gasteiger partial charge >= 0.3 is 0 Å². The van der Waals surface area contributed by atoms with E-state index in [0.29, 0.717) is 6.04 Å². The first kappa shape index (κ1) is 15.0. The Bertz CT molecular complexity index is 174. The van der Waals surface area contributed by atoms with Gasteiger partial charge in [0.05, 0.1) is 0 Å². The van der Waals surface area contributed by atoms with Crippen molar-refractivity contribution in [3.8, 4) is 0 Å². The maximum absolute atomic E-state index is 3.56. The highest BCUT2D eigenvalue weighted by molar-refractivity contribution is 4.69. The molecule has 1 aliphatic heterocycles. The van der Waals surface area contributed by atoms with Crippen molar-refractivity contribution in [3.63, 3.8) is 0 Å². The van der Waals surface area contributed by atoms with Gasteiger partial charge in [0.1, 0.15) is 0 Å². The van der Waals surface area contributed by atoms with Crippen LogP contribution in [0.2, 0.25) is 0 Å². The zero-order valence-electron chi connectivity index (χ0n) is 12.2. The summed E-state index contributed by atoms with van der Waals surface area (Å²) in [6.45, 7) is 12.1. The summed E-state index contributed by atoms with van der Waals surface area (Å²) < 4.78 is 0. The summed E-state index contributed by atoms with van der Waals surface area (Å²) in [5, 5.41) is 3.56. The zero-order chi connectivity index (χ0) is 12.5. The van der Waals surface area contributed by atoms with E-state index in [-0.39, 0.29) is 0 Å². The third kappa shape index (κ3) is 7.05. The molecule has 0 aromatic carbocycles. The van der Waals surface area contributed by atoms with Gasteiger partial charge < -0.3 is 10.2 Å². The van der Waals surface area contributed by atoms with E-state index in [0.717, 1.165) is 5.92 Å². The summed E-state index contributed by atoms with van der Waals surface area (Å²) in [4.78, 5) is 2.66. The van der Waals surface area contributed by atoms with E-state index in [9.17, 15) is 0 Å². The summed E-state index contributed by atoms with van der Waals surface area (Å²) in [6.07, 6.45) is 8.17. The minimum Gasteiger partial charge on any atom is -0.314 e. The van der Waals surface area contributed by atoms with Crippen LogP contribution in [0.3, 0.4) is 0 Å². The summed E-state index contributed by atoms with van der Waals surface area (Å²) >= 11 is 0. The molecule has 1 aliphatic rings. The van der Waals surface area contributed by atoms with Crippen LogP contribution >= 0.6 is 0 Å². The van der Waals surface area contributed by atoms with Gasteiger partial charge in [0.15, 0.2) is 0 Å². The summed E-state index contributed by atoms with van der Waals surface area (Å²) in [5.74, 6) is 0.963. The van der Waals surface area contributed by atoms with Gasteiger partial charge in [0, 0.05) is 6.04 Å². The molecule has 1 heterocycles. The predicted octanol–water partition coefficient (Wildman–Crippen LogP) is 3.28. The first-order valence-corrected chi connectivity index (χ1v) is 7.68. The van der Waals surface area contributed by atoms with Crippen LogP contribution in [0.5, 0.6) is 0 Å². The molecule has 0 saturated carbocycles. The maximum Gasteiger partial charge on any atom is 0.00387 e. The fourth-order valence-corrected chi connectivity index (χ4v) is 2.56. The van der Waals surface area contributed by atoms with E-state index in [2.05, 4.69) is 31.0 Å². The molecule has 0 aromatic heterocycles. The van der Waals surface area contributed by atoms with Crippen LogP contribution < -0.4 is 5.32 Å². The van der Waals surface area contributed by atoms with Crippen molar-refractivity contribution < 1.29 is 0 Å². The molecule has 0 spiro atoms. The fraction of sp³-hybridized carbons (Fsp3) is 1.00. The average molecular weight is 240 g/mol. The number of likely N-dealkylation sites (tertiary alicyclic amines) is 1. The first-order chi connectivity index (χ1) is 8.22. The quantitative estimate of drug-likeness (QED) is 0.655. The van der Waals surface area contributed by atoms with E-state index in [1.807, 2.05) is 0 Å². The first-order valence-electron chi connectivity index (χ1n) is 7.68. The van der Waals surface area contributed by atoms with Gasteiger partial charge in [-0.2, -0.15) is 0 Å². The number of nitrogens with one attached hydrogen (secondary N) is 1. The lowest BCUT2D eigenvalue weighted by atomic mass is 9.99. The molecular weight excluding hydrogens is 208 g/mol. The Morgan fingerprint density at radius 2 is 1.94 bits per heavy atom. The number of nitrogens with zero attached hydrogens (tertiary/aromatic N) is 1. The molecule has 2 heteroatoms. The van der Waals surface area contributed by atoms with Gasteiger partial charge in [-0.15, -0.1) is 0 Å². The van der Waals surface area contributed by atoms with Gasteiger partial charge in [0.25, 0.3) is 0 Å². The summed E-state index contributed by atoms with van der Waals surface area (Å²) in [6, 6.07) is 0.705. The number of unbranched alkanes of at least 4 members (excludes halogenated alkanes) is 1. The molecule has 1 fully saturated rings. The Morgan fingerprint density at radius 1 is 1.24 bits per heavy atom. The normalized spacial score (nSPS) is 20.6. The molecule has 1 atom stereocenters. The molecule has 0 bridgehead atoms. The third-order valence-corrected chi connectivity index (χ3v) is 3.98. The largest absolute Gasteiger partial charge is 0.314 e. The van der Waals surface area contributed by atoms with Crippen LogP contribution in [0.4, 0.5) is 0 Å². The molecule has 0 aliphatic carbocycles. The van der Waals surface area contributed by atoms with Crippen LogP contribution in [0.25, 0.3) is 0 Å². The van der Waals surface area contributed by atoms with Crippen LogP contribution in [0.15, 0.2) is 0 Å². The number of rotatable bonds is 8. The minimum atomic E-state index is 0.705.